The number of nitrogens with two attached hydrogens (primary N) is 1. The van der Waals surface area contributed by atoms with Gasteiger partial charge in [-0.2, -0.15) is 0 Å². The van der Waals surface area contributed by atoms with Gasteiger partial charge < -0.3 is 5.73 Å². The molecule has 0 radical (unpaired) electrons. The lowest BCUT2D eigenvalue weighted by Crippen LogP contribution is -2.42. The summed E-state index contributed by atoms with van der Waals surface area (Å²) in [5.41, 5.74) is 7.48. The molecule has 1 heteroatoms. The molecule has 0 saturated heterocycles. The first-order valence-corrected chi connectivity index (χ1v) is 5.96. The smallest absolute Gasteiger partial charge is 0.00201 e. The molecule has 4 rings (SSSR count). The Morgan fingerprint density at radius 2 is 2.00 bits per heavy atom. The monoisotopic (exact) mass is 177 g/mol. The van der Waals surface area contributed by atoms with E-state index in [-0.39, 0.29) is 0 Å². The van der Waals surface area contributed by atoms with Crippen molar-refractivity contribution in [2.45, 2.75) is 38.5 Å². The summed E-state index contributed by atoms with van der Waals surface area (Å²) in [6, 6.07) is 0. The Labute approximate surface area is 80.1 Å². The summed E-state index contributed by atoms with van der Waals surface area (Å²) in [5, 5.41) is 0. The summed E-state index contributed by atoms with van der Waals surface area (Å²) in [6.07, 6.45) is 9.22. The Balaban J connectivity index is 1.83. The molecule has 0 aromatic carbocycles. The Morgan fingerprint density at radius 1 is 1.08 bits per heavy atom. The van der Waals surface area contributed by atoms with Crippen LogP contribution in [0.4, 0.5) is 0 Å². The molecular formula is C12H19N. The van der Waals surface area contributed by atoms with E-state index in [0.29, 0.717) is 5.41 Å². The molecule has 0 amide bonds. The van der Waals surface area contributed by atoms with Crippen LogP contribution in [0.3, 0.4) is 0 Å². The van der Waals surface area contributed by atoms with Gasteiger partial charge in [0, 0.05) is 0 Å². The van der Waals surface area contributed by atoms with Gasteiger partial charge in [-0.3, -0.25) is 0 Å². The average Bonchev–Trinajstić information content (AvgIpc) is 2.43. The lowest BCUT2D eigenvalue weighted by Gasteiger charge is -2.49. The van der Waals surface area contributed by atoms with Crippen LogP contribution in [0.15, 0.2) is 0 Å². The zero-order valence-electron chi connectivity index (χ0n) is 8.26. The molecule has 2 N–H and O–H groups in total. The summed E-state index contributed by atoms with van der Waals surface area (Å²) in [7, 11) is 0. The molecule has 0 aliphatic heterocycles. The van der Waals surface area contributed by atoms with Crippen molar-refractivity contribution in [3.8, 4) is 0 Å². The summed E-state index contributed by atoms with van der Waals surface area (Å²) < 4.78 is 0. The molecule has 0 aromatic heterocycles. The zero-order valence-corrected chi connectivity index (χ0v) is 8.26. The summed E-state index contributed by atoms with van der Waals surface area (Å²) >= 11 is 0. The maximum Gasteiger partial charge on any atom is -0.00201 e. The van der Waals surface area contributed by atoms with Crippen molar-refractivity contribution >= 4 is 0 Å². The van der Waals surface area contributed by atoms with E-state index in [2.05, 4.69) is 0 Å². The number of hydrogen-bond donors (Lipinski definition) is 1. The number of hydrogen-bond acceptors (Lipinski definition) is 1. The van der Waals surface area contributed by atoms with Gasteiger partial charge in [0.25, 0.3) is 0 Å². The van der Waals surface area contributed by atoms with E-state index in [1.165, 1.54) is 19.3 Å². The van der Waals surface area contributed by atoms with Gasteiger partial charge in [0.05, 0.1) is 0 Å². The van der Waals surface area contributed by atoms with Crippen LogP contribution in [0.2, 0.25) is 0 Å². The topological polar surface area (TPSA) is 26.0 Å². The highest BCUT2D eigenvalue weighted by atomic mass is 14.8. The third-order valence-electron chi connectivity index (χ3n) is 6.02. The minimum Gasteiger partial charge on any atom is -0.330 e. The van der Waals surface area contributed by atoms with Crippen LogP contribution in [-0.4, -0.2) is 6.54 Å². The van der Waals surface area contributed by atoms with Crippen molar-refractivity contribution in [3.63, 3.8) is 0 Å². The summed E-state index contributed by atoms with van der Waals surface area (Å²) in [6.45, 7) is 0.981. The van der Waals surface area contributed by atoms with Gasteiger partial charge in [0.2, 0.25) is 0 Å². The highest BCUT2D eigenvalue weighted by molar-refractivity contribution is 5.20. The van der Waals surface area contributed by atoms with E-state index < -0.39 is 0 Å². The van der Waals surface area contributed by atoms with E-state index in [9.17, 15) is 0 Å². The fourth-order valence-corrected chi connectivity index (χ4v) is 5.78. The highest BCUT2D eigenvalue weighted by Crippen LogP contribution is 2.78. The van der Waals surface area contributed by atoms with Crippen LogP contribution in [0.25, 0.3) is 0 Å². The first kappa shape index (κ1) is 7.28. The SMILES string of the molecule is NCC12CC3CC4CC(C1)C4(C3)C2. The quantitative estimate of drug-likeness (QED) is 0.652. The molecule has 4 fully saturated rings. The molecule has 4 aliphatic carbocycles. The van der Waals surface area contributed by atoms with E-state index >= 15 is 0 Å². The van der Waals surface area contributed by atoms with E-state index in [1.54, 1.807) is 19.3 Å². The second-order valence-electron chi connectivity index (χ2n) is 6.46. The molecule has 5 atom stereocenters. The van der Waals surface area contributed by atoms with Gasteiger partial charge in [-0.15, -0.1) is 0 Å². The zero-order chi connectivity index (χ0) is 8.68. The molecule has 0 aromatic rings. The fourth-order valence-electron chi connectivity index (χ4n) is 5.78. The normalized spacial score (nSPS) is 66.7. The summed E-state index contributed by atoms with van der Waals surface area (Å²) in [5.74, 6) is 3.32. The van der Waals surface area contributed by atoms with Gasteiger partial charge in [-0.1, -0.05) is 0 Å². The van der Waals surface area contributed by atoms with Crippen molar-refractivity contribution in [1.29, 1.82) is 0 Å². The Morgan fingerprint density at radius 3 is 2.85 bits per heavy atom. The van der Waals surface area contributed by atoms with Gasteiger partial charge in [-0.05, 0) is 73.7 Å². The predicted molar refractivity (Wildman–Crippen MR) is 52.1 cm³/mol. The van der Waals surface area contributed by atoms with E-state index in [0.717, 1.165) is 29.7 Å². The van der Waals surface area contributed by atoms with Crippen molar-refractivity contribution in [3.05, 3.63) is 0 Å². The van der Waals surface area contributed by atoms with Crippen LogP contribution in [0.5, 0.6) is 0 Å². The second-order valence-corrected chi connectivity index (χ2v) is 6.46. The van der Waals surface area contributed by atoms with E-state index in [1.807, 2.05) is 0 Å². The molecule has 4 aliphatic rings. The third-order valence-corrected chi connectivity index (χ3v) is 6.02. The number of rotatable bonds is 1. The van der Waals surface area contributed by atoms with Crippen molar-refractivity contribution in [2.24, 2.45) is 34.3 Å². The second kappa shape index (κ2) is 1.84. The van der Waals surface area contributed by atoms with Gasteiger partial charge >= 0.3 is 0 Å². The maximum atomic E-state index is 6.01. The van der Waals surface area contributed by atoms with Gasteiger partial charge in [0.1, 0.15) is 0 Å². The molecule has 4 saturated carbocycles. The molecule has 0 heterocycles. The average molecular weight is 177 g/mol. The molecule has 72 valence electrons. The third kappa shape index (κ3) is 0.614. The van der Waals surface area contributed by atoms with Crippen molar-refractivity contribution in [2.75, 3.05) is 6.54 Å². The maximum absolute atomic E-state index is 6.01. The van der Waals surface area contributed by atoms with Crippen LogP contribution >= 0.6 is 0 Å². The molecule has 5 unspecified atom stereocenters. The molecular weight excluding hydrogens is 158 g/mol. The van der Waals surface area contributed by atoms with Crippen molar-refractivity contribution in [1.82, 2.24) is 0 Å². The predicted octanol–water partition coefficient (Wildman–Crippen LogP) is 2.16. The highest BCUT2D eigenvalue weighted by Gasteiger charge is 2.70. The van der Waals surface area contributed by atoms with Crippen LogP contribution < -0.4 is 5.73 Å². The summed E-state index contributed by atoms with van der Waals surface area (Å²) in [4.78, 5) is 0. The van der Waals surface area contributed by atoms with Gasteiger partial charge in [-0.25, -0.2) is 0 Å². The van der Waals surface area contributed by atoms with Crippen LogP contribution in [0.1, 0.15) is 38.5 Å². The standard InChI is InChI=1S/C12H19N/c13-7-11-3-8-1-9-2-10(5-11)12(9,4-8)6-11/h8-10H,1-7,13H2. The molecule has 1 spiro atoms. The minimum atomic E-state index is 0.624. The Kier molecular flexibility index (Phi) is 1.03. The Bertz CT molecular complexity index is 270. The fraction of sp³-hybridized carbons (Fsp3) is 1.00. The lowest BCUT2D eigenvalue weighted by molar-refractivity contribution is -0.00222. The Hall–Kier alpha value is -0.0400. The van der Waals surface area contributed by atoms with Crippen molar-refractivity contribution < 1.29 is 0 Å². The van der Waals surface area contributed by atoms with E-state index in [4.69, 9.17) is 5.73 Å². The molecule has 13 heavy (non-hydrogen) atoms. The van der Waals surface area contributed by atoms with Crippen LogP contribution in [-0.2, 0) is 0 Å². The molecule has 3 bridgehead atoms. The molecule has 1 nitrogen and oxygen atoms in total. The van der Waals surface area contributed by atoms with Crippen LogP contribution in [0, 0.1) is 28.6 Å². The largest absolute Gasteiger partial charge is 0.330 e. The number of fused-ring (bicyclic) bond motifs is 2. The van der Waals surface area contributed by atoms with Gasteiger partial charge in [0.15, 0.2) is 0 Å². The first-order chi connectivity index (χ1) is 6.26. The minimum absolute atomic E-state index is 0.624. The first-order valence-electron chi connectivity index (χ1n) is 5.96. The lowest BCUT2D eigenvalue weighted by atomic mass is 9.55.